The second kappa shape index (κ2) is 14.2. The quantitative estimate of drug-likeness (QED) is 0.123. The minimum atomic E-state index is -0.542. The highest BCUT2D eigenvalue weighted by Crippen LogP contribution is 2.67. The molecule has 13 aromatic rings. The molecule has 0 bridgehead atoms. The third-order valence-corrected chi connectivity index (χ3v) is 16.1. The number of rotatable bonds is 3. The van der Waals surface area contributed by atoms with Crippen molar-refractivity contribution >= 4 is 64.6 Å². The lowest BCUT2D eigenvalue weighted by molar-refractivity contribution is 0.809. The van der Waals surface area contributed by atoms with Crippen molar-refractivity contribution in [2.75, 3.05) is 0 Å². The molecule has 1 spiro atoms. The predicted molar refractivity (Wildman–Crippen MR) is 294 cm³/mol. The first kappa shape index (κ1) is 38.5. The highest BCUT2D eigenvalue weighted by Gasteiger charge is 2.54. The molecule has 0 fully saturated rings. The Balaban J connectivity index is 1.08. The minimum absolute atomic E-state index is 0.542. The van der Waals surface area contributed by atoms with Crippen LogP contribution in [-0.2, 0) is 5.41 Å². The van der Waals surface area contributed by atoms with Gasteiger partial charge in [-0.3, -0.25) is 0 Å². The number of benzene rings is 13. The largest absolute Gasteiger partial charge is 0.0737 e. The molecule has 0 atom stereocenters. The van der Waals surface area contributed by atoms with Crippen LogP contribution in [0.4, 0.5) is 0 Å². The highest BCUT2D eigenvalue weighted by molar-refractivity contribution is 6.27. The van der Waals surface area contributed by atoms with Gasteiger partial charge in [0.2, 0.25) is 0 Å². The Hall–Kier alpha value is -8.58. The summed E-state index contributed by atoms with van der Waals surface area (Å²) in [5.74, 6) is 0. The van der Waals surface area contributed by atoms with E-state index in [1.54, 1.807) is 0 Å². The van der Waals surface area contributed by atoms with Crippen molar-refractivity contribution in [2.45, 2.75) is 19.3 Å². The second-order valence-corrected chi connectivity index (χ2v) is 19.5. The van der Waals surface area contributed by atoms with Gasteiger partial charge in [-0.15, -0.1) is 0 Å². The van der Waals surface area contributed by atoms with Gasteiger partial charge < -0.3 is 0 Å². The van der Waals surface area contributed by atoms with Gasteiger partial charge in [0.25, 0.3) is 0 Å². The van der Waals surface area contributed by atoms with E-state index >= 15 is 0 Å². The van der Waals surface area contributed by atoms with Gasteiger partial charge in [-0.2, -0.15) is 0 Å². The van der Waals surface area contributed by atoms with Gasteiger partial charge in [0.15, 0.2) is 0 Å². The maximum Gasteiger partial charge on any atom is 0.0737 e. The molecule has 0 N–H and O–H groups in total. The zero-order valence-electron chi connectivity index (χ0n) is 38.4. The minimum Gasteiger partial charge on any atom is -0.0619 e. The SMILES string of the molecule is Cc1ccc(-c2c3ccccc3c(-c3cc4c(c5ccccc35)C3(c5ccccc5-c5ccccc53)c3c-4c4ccccc4c4ccccc34)c3ccccc23)cc1-c1cc2ccccc2cc1C. The molecule has 0 heterocycles. The molecule has 13 aromatic carbocycles. The van der Waals surface area contributed by atoms with Gasteiger partial charge >= 0.3 is 0 Å². The maximum atomic E-state index is 2.61. The van der Waals surface area contributed by atoms with E-state index in [0.717, 1.165) is 0 Å². The van der Waals surface area contributed by atoms with Crippen LogP contribution in [0.2, 0.25) is 0 Å². The molecule has 0 nitrogen and oxygen atoms in total. The average molecular weight is 873 g/mol. The number of hydrogen-bond acceptors (Lipinski definition) is 0. The van der Waals surface area contributed by atoms with Crippen LogP contribution in [0.15, 0.2) is 231 Å². The third-order valence-electron chi connectivity index (χ3n) is 16.1. The van der Waals surface area contributed by atoms with Gasteiger partial charge in [-0.1, -0.05) is 212 Å². The lowest BCUT2D eigenvalue weighted by atomic mass is 9.68. The van der Waals surface area contributed by atoms with Crippen molar-refractivity contribution in [3.63, 3.8) is 0 Å². The first-order valence-corrected chi connectivity index (χ1v) is 24.3. The Kier molecular flexibility index (Phi) is 7.94. The summed E-state index contributed by atoms with van der Waals surface area (Å²) in [7, 11) is 0. The Morgan fingerprint density at radius 3 is 1.29 bits per heavy atom. The van der Waals surface area contributed by atoms with E-state index < -0.39 is 5.41 Å². The summed E-state index contributed by atoms with van der Waals surface area (Å²) in [5, 5.41) is 15.3. The van der Waals surface area contributed by atoms with Crippen LogP contribution in [0.5, 0.6) is 0 Å². The van der Waals surface area contributed by atoms with Crippen LogP contribution < -0.4 is 0 Å². The molecule has 2 aliphatic carbocycles. The van der Waals surface area contributed by atoms with Gasteiger partial charge in [-0.05, 0) is 186 Å². The molecule has 0 unspecified atom stereocenters. The summed E-state index contributed by atoms with van der Waals surface area (Å²) < 4.78 is 0. The van der Waals surface area contributed by atoms with E-state index in [1.807, 2.05) is 0 Å². The molecule has 0 amide bonds. The third kappa shape index (κ3) is 5.08. The van der Waals surface area contributed by atoms with E-state index in [0.29, 0.717) is 0 Å². The number of fused-ring (bicyclic) bond motifs is 20. The van der Waals surface area contributed by atoms with Crippen molar-refractivity contribution < 1.29 is 0 Å². The van der Waals surface area contributed by atoms with Gasteiger partial charge in [0, 0.05) is 0 Å². The molecule has 0 heteroatoms. The Labute approximate surface area is 401 Å². The zero-order valence-corrected chi connectivity index (χ0v) is 38.4. The van der Waals surface area contributed by atoms with Crippen molar-refractivity contribution in [1.29, 1.82) is 0 Å². The predicted octanol–water partition coefficient (Wildman–Crippen LogP) is 18.6. The summed E-state index contributed by atoms with van der Waals surface area (Å²) in [4.78, 5) is 0. The average Bonchev–Trinajstić information content (AvgIpc) is 3.88. The molecule has 0 saturated carbocycles. The number of aryl methyl sites for hydroxylation is 2. The van der Waals surface area contributed by atoms with Crippen LogP contribution >= 0.6 is 0 Å². The molecule has 0 aromatic heterocycles. The molecule has 0 radical (unpaired) electrons. The summed E-state index contributed by atoms with van der Waals surface area (Å²) in [6.07, 6.45) is 0. The van der Waals surface area contributed by atoms with Crippen LogP contribution in [0.1, 0.15) is 33.4 Å². The standard InChI is InChI=1S/C69H44/c1-41-35-36-45(39-58(41)59-38-44-20-4-3-19-43(44)37-42(59)2)64-52-27-9-11-29-54(52)65(55-30-12-10-28-53(55)64)60-40-61-66-51-26-8-5-21-46(51)47-22-6-14-32-57(47)68(66)69(67(61)56-31-13-7-23-48(56)60)62-33-17-15-24-49(62)50-25-16-18-34-63(50)69/h3-40H,1-2H3. The summed E-state index contributed by atoms with van der Waals surface area (Å²) in [6, 6.07) is 87.6. The molecule has 0 aliphatic heterocycles. The molecule has 69 heavy (non-hydrogen) atoms. The van der Waals surface area contributed by atoms with Gasteiger partial charge in [0.1, 0.15) is 0 Å². The highest BCUT2D eigenvalue weighted by atomic mass is 14.5. The molecule has 15 rings (SSSR count). The lowest BCUT2D eigenvalue weighted by Crippen LogP contribution is -2.26. The van der Waals surface area contributed by atoms with E-state index in [9.17, 15) is 0 Å². The fourth-order valence-electron chi connectivity index (χ4n) is 13.3. The molecular formula is C69H44. The topological polar surface area (TPSA) is 0 Å². The maximum absolute atomic E-state index is 2.61. The normalized spacial score (nSPS) is 13.2. The summed E-state index contributed by atoms with van der Waals surface area (Å²) in [5.41, 5.74) is 20.4. The van der Waals surface area contributed by atoms with Crippen LogP contribution in [0.3, 0.4) is 0 Å². The lowest BCUT2D eigenvalue weighted by Gasteiger charge is -2.33. The van der Waals surface area contributed by atoms with Crippen LogP contribution in [0.25, 0.3) is 120 Å². The van der Waals surface area contributed by atoms with E-state index in [4.69, 9.17) is 0 Å². The number of hydrogen-bond donors (Lipinski definition) is 0. The molecule has 320 valence electrons. The van der Waals surface area contributed by atoms with E-state index in [-0.39, 0.29) is 0 Å². The first-order valence-electron chi connectivity index (χ1n) is 24.3. The van der Waals surface area contributed by atoms with E-state index in [2.05, 4.69) is 244 Å². The fraction of sp³-hybridized carbons (Fsp3) is 0.0435. The smallest absolute Gasteiger partial charge is 0.0619 e. The summed E-state index contributed by atoms with van der Waals surface area (Å²) in [6.45, 7) is 4.51. The zero-order chi connectivity index (χ0) is 45.5. The molecule has 2 aliphatic rings. The van der Waals surface area contributed by atoms with Crippen LogP contribution in [-0.4, -0.2) is 0 Å². The van der Waals surface area contributed by atoms with E-state index in [1.165, 1.54) is 154 Å². The monoisotopic (exact) mass is 872 g/mol. The Morgan fingerprint density at radius 1 is 0.246 bits per heavy atom. The molecular weight excluding hydrogens is 829 g/mol. The summed E-state index contributed by atoms with van der Waals surface area (Å²) >= 11 is 0. The first-order chi connectivity index (χ1) is 34.1. The van der Waals surface area contributed by atoms with Crippen molar-refractivity contribution in [1.82, 2.24) is 0 Å². The van der Waals surface area contributed by atoms with Crippen LogP contribution in [0, 0.1) is 13.8 Å². The fourth-order valence-corrected chi connectivity index (χ4v) is 13.3. The van der Waals surface area contributed by atoms with Crippen molar-refractivity contribution in [2.24, 2.45) is 0 Å². The Bertz CT molecular complexity index is 4290. The Morgan fingerprint density at radius 2 is 0.681 bits per heavy atom. The second-order valence-electron chi connectivity index (χ2n) is 19.5. The van der Waals surface area contributed by atoms with Crippen molar-refractivity contribution in [3.8, 4) is 55.6 Å². The van der Waals surface area contributed by atoms with Gasteiger partial charge in [0.05, 0.1) is 5.41 Å². The van der Waals surface area contributed by atoms with Gasteiger partial charge in [-0.25, -0.2) is 0 Å². The van der Waals surface area contributed by atoms with Crippen molar-refractivity contribution in [3.05, 3.63) is 264 Å². The molecule has 0 saturated heterocycles.